The van der Waals surface area contributed by atoms with E-state index >= 15 is 0 Å². The zero-order valence-corrected chi connectivity index (χ0v) is 25.6. The Morgan fingerprint density at radius 2 is 0.851 bits per heavy atom. The highest BCUT2D eigenvalue weighted by molar-refractivity contribution is 6.14. The molecule has 4 heteroatoms. The van der Waals surface area contributed by atoms with E-state index in [4.69, 9.17) is 0 Å². The lowest BCUT2D eigenvalue weighted by molar-refractivity contribution is -0.423. The van der Waals surface area contributed by atoms with E-state index in [2.05, 4.69) is 113 Å². The predicted molar refractivity (Wildman–Crippen MR) is 195 cm³/mol. The standard InChI is InChI=1S/C43H30N2O2/c46-38-23-19-30-11-3-7-15-34(30)42(38)40-32-13-5-1-9-28(32)17-21-36(40)44-25-26-45(27-44)37-22-18-29-10-2-6-14-33(29)41(37)43-35-16-8-4-12-31(35)20-24-39(43)47/h1-24,27H,25-26H2,(H-,46,47)/p+1. The van der Waals surface area contributed by atoms with Gasteiger partial charge in [0.25, 0.3) is 0 Å². The van der Waals surface area contributed by atoms with E-state index in [1.165, 1.54) is 0 Å². The number of fused-ring (bicyclic) bond motifs is 4. The minimum Gasteiger partial charge on any atom is -0.507 e. The van der Waals surface area contributed by atoms with Crippen LogP contribution in [0.4, 0.5) is 11.4 Å². The number of nitrogens with zero attached hydrogens (tertiary/aromatic N) is 2. The van der Waals surface area contributed by atoms with Gasteiger partial charge in [0.05, 0.1) is 0 Å². The molecule has 9 rings (SSSR count). The molecule has 1 heterocycles. The van der Waals surface area contributed by atoms with Crippen molar-refractivity contribution in [3.63, 3.8) is 0 Å². The van der Waals surface area contributed by atoms with Crippen LogP contribution in [0.15, 0.2) is 146 Å². The maximum atomic E-state index is 11.4. The zero-order chi connectivity index (χ0) is 31.5. The van der Waals surface area contributed by atoms with Gasteiger partial charge in [-0.1, -0.05) is 121 Å². The summed E-state index contributed by atoms with van der Waals surface area (Å²) in [5, 5.41) is 31.5. The van der Waals surface area contributed by atoms with Crippen molar-refractivity contribution in [2.24, 2.45) is 0 Å². The quantitative estimate of drug-likeness (QED) is 0.196. The maximum Gasteiger partial charge on any atom is 0.244 e. The summed E-state index contributed by atoms with van der Waals surface area (Å²) in [6.45, 7) is 1.51. The van der Waals surface area contributed by atoms with Crippen molar-refractivity contribution in [3.05, 3.63) is 146 Å². The fourth-order valence-corrected chi connectivity index (χ4v) is 7.43. The molecule has 0 saturated carbocycles. The van der Waals surface area contributed by atoms with Crippen LogP contribution in [0.1, 0.15) is 0 Å². The van der Waals surface area contributed by atoms with Crippen molar-refractivity contribution >= 4 is 60.8 Å². The van der Waals surface area contributed by atoms with Gasteiger partial charge in [-0.05, 0) is 67.4 Å². The SMILES string of the molecule is Oc1ccc2ccccc2c1-c1c(N2C=[N+](c3ccc4ccccc4c3-c3c(O)ccc4ccccc34)CC2)ccc2ccccc12. The Labute approximate surface area is 272 Å². The highest BCUT2D eigenvalue weighted by Crippen LogP contribution is 2.47. The van der Waals surface area contributed by atoms with Gasteiger partial charge in [0.2, 0.25) is 6.34 Å². The van der Waals surface area contributed by atoms with E-state index in [-0.39, 0.29) is 11.5 Å². The van der Waals surface area contributed by atoms with Crippen LogP contribution in [0.2, 0.25) is 0 Å². The Bertz CT molecular complexity index is 2570. The van der Waals surface area contributed by atoms with Crippen molar-refractivity contribution in [1.82, 2.24) is 0 Å². The highest BCUT2D eigenvalue weighted by Gasteiger charge is 2.30. The summed E-state index contributed by atoms with van der Waals surface area (Å²) in [6, 6.07) is 49.6. The predicted octanol–water partition coefficient (Wildman–Crippen LogP) is 10.2. The minimum atomic E-state index is 0.264. The van der Waals surface area contributed by atoms with E-state index in [0.29, 0.717) is 0 Å². The van der Waals surface area contributed by atoms with Crippen molar-refractivity contribution in [2.45, 2.75) is 0 Å². The number of phenolic OH excluding ortho intramolecular Hbond substituents is 2. The van der Waals surface area contributed by atoms with Crippen LogP contribution in [0.5, 0.6) is 11.5 Å². The van der Waals surface area contributed by atoms with E-state index in [1.54, 1.807) is 12.1 Å². The fourth-order valence-electron chi connectivity index (χ4n) is 7.43. The van der Waals surface area contributed by atoms with Crippen LogP contribution < -0.4 is 4.90 Å². The minimum absolute atomic E-state index is 0.264. The fraction of sp³-hybridized carbons (Fsp3) is 0.0465. The molecule has 0 fully saturated rings. The Kier molecular flexibility index (Phi) is 6.22. The normalized spacial score (nSPS) is 13.2. The van der Waals surface area contributed by atoms with Gasteiger partial charge in [-0.2, -0.15) is 0 Å². The smallest absolute Gasteiger partial charge is 0.244 e. The van der Waals surface area contributed by atoms with Crippen LogP contribution in [-0.4, -0.2) is 34.2 Å². The molecule has 0 saturated heterocycles. The summed E-state index contributed by atoms with van der Waals surface area (Å²) >= 11 is 0. The van der Waals surface area contributed by atoms with Gasteiger partial charge in [0.1, 0.15) is 36.0 Å². The summed E-state index contributed by atoms with van der Waals surface area (Å²) in [5.41, 5.74) is 5.78. The van der Waals surface area contributed by atoms with E-state index in [9.17, 15) is 10.2 Å². The van der Waals surface area contributed by atoms with Gasteiger partial charge in [-0.25, -0.2) is 9.48 Å². The Morgan fingerprint density at radius 3 is 1.40 bits per heavy atom. The number of aromatic hydroxyl groups is 2. The number of hydrogen-bond acceptors (Lipinski definition) is 3. The first-order chi connectivity index (χ1) is 23.2. The molecular weight excluding hydrogens is 576 g/mol. The summed E-state index contributed by atoms with van der Waals surface area (Å²) < 4.78 is 2.30. The van der Waals surface area contributed by atoms with Crippen molar-refractivity contribution in [2.75, 3.05) is 18.0 Å². The number of benzene rings is 8. The summed E-state index contributed by atoms with van der Waals surface area (Å²) in [4.78, 5) is 2.30. The molecule has 224 valence electrons. The Morgan fingerprint density at radius 1 is 0.426 bits per heavy atom. The van der Waals surface area contributed by atoms with Gasteiger partial charge < -0.3 is 10.2 Å². The second-order valence-corrected chi connectivity index (χ2v) is 12.2. The molecule has 0 aromatic heterocycles. The van der Waals surface area contributed by atoms with Gasteiger partial charge in [-0.3, -0.25) is 0 Å². The number of rotatable bonds is 4. The van der Waals surface area contributed by atoms with Gasteiger partial charge in [0, 0.05) is 22.3 Å². The summed E-state index contributed by atoms with van der Waals surface area (Å²) in [6.07, 6.45) is 2.19. The van der Waals surface area contributed by atoms with Crippen molar-refractivity contribution in [1.29, 1.82) is 0 Å². The van der Waals surface area contributed by atoms with Crippen molar-refractivity contribution < 1.29 is 14.8 Å². The number of anilines is 1. The third-order valence-corrected chi connectivity index (χ3v) is 9.61. The van der Waals surface area contributed by atoms with E-state index < -0.39 is 0 Å². The zero-order valence-electron chi connectivity index (χ0n) is 25.6. The highest BCUT2D eigenvalue weighted by atomic mass is 16.3. The molecule has 0 amide bonds. The first kappa shape index (κ1) is 27.2. The van der Waals surface area contributed by atoms with Crippen LogP contribution in [0.25, 0.3) is 65.3 Å². The molecule has 1 aliphatic heterocycles. The number of hydrogen-bond donors (Lipinski definition) is 2. The first-order valence-corrected chi connectivity index (χ1v) is 16.0. The maximum absolute atomic E-state index is 11.4. The molecule has 4 nitrogen and oxygen atoms in total. The average Bonchev–Trinajstić information content (AvgIpc) is 3.61. The van der Waals surface area contributed by atoms with Crippen LogP contribution in [-0.2, 0) is 0 Å². The van der Waals surface area contributed by atoms with Crippen LogP contribution in [0.3, 0.4) is 0 Å². The lowest BCUT2D eigenvalue weighted by Crippen LogP contribution is -2.19. The molecule has 1 aliphatic rings. The van der Waals surface area contributed by atoms with E-state index in [1.807, 2.05) is 36.4 Å². The molecule has 8 aromatic carbocycles. The molecule has 0 aliphatic carbocycles. The van der Waals surface area contributed by atoms with Gasteiger partial charge in [-0.15, -0.1) is 0 Å². The molecule has 0 atom stereocenters. The topological polar surface area (TPSA) is 46.7 Å². The van der Waals surface area contributed by atoms with Gasteiger partial charge >= 0.3 is 0 Å². The summed E-state index contributed by atoms with van der Waals surface area (Å²) in [5.74, 6) is 0.529. The second-order valence-electron chi connectivity index (χ2n) is 12.2. The van der Waals surface area contributed by atoms with Gasteiger partial charge in [0.15, 0.2) is 0 Å². The Balaban J connectivity index is 1.28. The van der Waals surface area contributed by atoms with Crippen molar-refractivity contribution in [3.8, 4) is 33.8 Å². The largest absolute Gasteiger partial charge is 0.507 e. The first-order valence-electron chi connectivity index (χ1n) is 16.0. The van der Waals surface area contributed by atoms with Crippen LogP contribution >= 0.6 is 0 Å². The number of phenols is 2. The third kappa shape index (κ3) is 4.33. The molecular formula is C43H31N2O2+. The Hall–Kier alpha value is -6.13. The monoisotopic (exact) mass is 607 g/mol. The molecule has 0 radical (unpaired) electrons. The molecule has 0 bridgehead atoms. The lowest BCUT2D eigenvalue weighted by atomic mass is 9.91. The molecule has 8 aromatic rings. The van der Waals surface area contributed by atoms with E-state index in [0.717, 1.165) is 89.8 Å². The molecule has 47 heavy (non-hydrogen) atoms. The van der Waals surface area contributed by atoms with Crippen LogP contribution in [0, 0.1) is 0 Å². The summed E-state index contributed by atoms with van der Waals surface area (Å²) in [7, 11) is 0. The molecule has 2 N–H and O–H groups in total. The lowest BCUT2D eigenvalue weighted by Gasteiger charge is -2.18. The second kappa shape index (κ2) is 10.7. The molecule has 0 spiro atoms. The third-order valence-electron chi connectivity index (χ3n) is 9.61. The molecule has 0 unspecified atom stereocenters. The average molecular weight is 608 g/mol.